The number of hydrogen-bond donors (Lipinski definition) is 3. The van der Waals surface area contributed by atoms with Gasteiger partial charge in [-0.25, -0.2) is 8.42 Å². The maximum atomic E-state index is 14.5. The van der Waals surface area contributed by atoms with Gasteiger partial charge in [-0.3, -0.25) is 10.2 Å². The standard InChI is InChI=1S/C27H31N5O3S/c28-25(29)24-23-11-5-4-10-21(23)17-27(26(30)33,18-31-14-6-1-7-15-31)32(24)36(34,35)22-13-12-19-8-2-3-9-20(19)16-22/h2-5,8-13,16,24H,1,6-7,14-15,17-18H2,(H3,28,29)(H2,30,33). The zero-order chi connectivity index (χ0) is 25.5. The molecule has 0 saturated carbocycles. The highest BCUT2D eigenvalue weighted by Gasteiger charge is 2.57. The second kappa shape index (κ2) is 9.31. The van der Waals surface area contributed by atoms with Gasteiger partial charge in [0.1, 0.15) is 17.4 Å². The molecule has 5 N–H and O–H groups in total. The fraction of sp³-hybridized carbons (Fsp3) is 0.333. The van der Waals surface area contributed by atoms with Crippen LogP contribution in [0.4, 0.5) is 0 Å². The second-order valence-electron chi connectivity index (χ2n) is 9.78. The summed E-state index contributed by atoms with van der Waals surface area (Å²) >= 11 is 0. The van der Waals surface area contributed by atoms with Gasteiger partial charge >= 0.3 is 0 Å². The molecule has 5 rings (SSSR count). The topological polar surface area (TPSA) is 134 Å². The van der Waals surface area contributed by atoms with E-state index < -0.39 is 27.5 Å². The summed E-state index contributed by atoms with van der Waals surface area (Å²) in [4.78, 5) is 15.6. The molecule has 188 valence electrons. The summed E-state index contributed by atoms with van der Waals surface area (Å²) in [6, 6.07) is 18.5. The minimum absolute atomic E-state index is 0.0381. The first-order chi connectivity index (χ1) is 17.2. The van der Waals surface area contributed by atoms with Gasteiger partial charge in [-0.15, -0.1) is 0 Å². The lowest BCUT2D eigenvalue weighted by Crippen LogP contribution is -2.69. The number of nitrogens with two attached hydrogens (primary N) is 2. The van der Waals surface area contributed by atoms with Gasteiger partial charge < -0.3 is 16.4 Å². The first-order valence-electron chi connectivity index (χ1n) is 12.2. The van der Waals surface area contributed by atoms with Gasteiger partial charge in [0.25, 0.3) is 0 Å². The van der Waals surface area contributed by atoms with Gasteiger partial charge in [-0.05, 0) is 60.0 Å². The molecule has 2 heterocycles. The predicted molar refractivity (Wildman–Crippen MR) is 140 cm³/mol. The van der Waals surface area contributed by atoms with Gasteiger partial charge in [0.2, 0.25) is 15.9 Å². The van der Waals surface area contributed by atoms with Crippen LogP contribution in [0.3, 0.4) is 0 Å². The fourth-order valence-electron chi connectivity index (χ4n) is 5.72. The van der Waals surface area contributed by atoms with E-state index in [1.54, 1.807) is 30.3 Å². The van der Waals surface area contributed by atoms with Gasteiger partial charge in [-0.2, -0.15) is 4.31 Å². The number of amidine groups is 1. The number of nitrogens with zero attached hydrogens (tertiary/aromatic N) is 2. The molecule has 1 amide bonds. The van der Waals surface area contributed by atoms with E-state index in [1.807, 2.05) is 36.4 Å². The SMILES string of the molecule is N=C(N)C1c2ccccc2CC(CN2CCCCC2)(C(N)=O)N1S(=O)(=O)c1ccc2ccccc2c1. The third kappa shape index (κ3) is 4.07. The molecule has 0 aromatic heterocycles. The number of carbonyl (C=O) groups excluding carboxylic acids is 1. The van der Waals surface area contributed by atoms with Crippen LogP contribution in [0.15, 0.2) is 71.6 Å². The molecule has 2 unspecified atom stereocenters. The number of primary amides is 1. The second-order valence-corrected chi connectivity index (χ2v) is 11.6. The van der Waals surface area contributed by atoms with Gasteiger partial charge in [0, 0.05) is 13.0 Å². The summed E-state index contributed by atoms with van der Waals surface area (Å²) < 4.78 is 30.1. The number of likely N-dealkylation sites (tertiary alicyclic amines) is 1. The first-order valence-corrected chi connectivity index (χ1v) is 13.7. The number of rotatable bonds is 6. The highest BCUT2D eigenvalue weighted by atomic mass is 32.2. The monoisotopic (exact) mass is 505 g/mol. The number of sulfonamides is 1. The molecule has 3 aromatic rings. The molecule has 1 saturated heterocycles. The Morgan fingerprint density at radius 2 is 1.61 bits per heavy atom. The maximum Gasteiger partial charge on any atom is 0.245 e. The van der Waals surface area contributed by atoms with Crippen molar-refractivity contribution in [1.82, 2.24) is 9.21 Å². The van der Waals surface area contributed by atoms with Crippen molar-refractivity contribution >= 4 is 32.5 Å². The lowest BCUT2D eigenvalue weighted by atomic mass is 9.79. The van der Waals surface area contributed by atoms with Crippen molar-refractivity contribution in [1.29, 1.82) is 5.41 Å². The van der Waals surface area contributed by atoms with Crippen LogP contribution in [0.25, 0.3) is 10.8 Å². The van der Waals surface area contributed by atoms with Crippen LogP contribution >= 0.6 is 0 Å². The fourth-order valence-corrected chi connectivity index (χ4v) is 7.64. The van der Waals surface area contributed by atoms with Crippen LogP contribution in [-0.2, 0) is 21.2 Å². The summed E-state index contributed by atoms with van der Waals surface area (Å²) in [6.45, 7) is 1.66. The largest absolute Gasteiger partial charge is 0.386 e. The van der Waals surface area contributed by atoms with E-state index in [4.69, 9.17) is 16.9 Å². The molecular formula is C27H31N5O3S. The Hall–Kier alpha value is -3.27. The van der Waals surface area contributed by atoms with E-state index in [1.165, 1.54) is 0 Å². The van der Waals surface area contributed by atoms with Crippen molar-refractivity contribution in [3.63, 3.8) is 0 Å². The average Bonchev–Trinajstić information content (AvgIpc) is 2.87. The van der Waals surface area contributed by atoms with Crippen LogP contribution in [0.5, 0.6) is 0 Å². The Balaban J connectivity index is 1.74. The van der Waals surface area contributed by atoms with Crippen LogP contribution in [0.2, 0.25) is 0 Å². The van der Waals surface area contributed by atoms with E-state index in [-0.39, 0.29) is 23.7 Å². The third-order valence-electron chi connectivity index (χ3n) is 7.45. The van der Waals surface area contributed by atoms with Crippen LogP contribution < -0.4 is 11.5 Å². The summed E-state index contributed by atoms with van der Waals surface area (Å²) in [7, 11) is -4.31. The van der Waals surface area contributed by atoms with Crippen molar-refractivity contribution < 1.29 is 13.2 Å². The molecule has 2 atom stereocenters. The van der Waals surface area contributed by atoms with Crippen molar-refractivity contribution in [2.24, 2.45) is 11.5 Å². The molecule has 8 nitrogen and oxygen atoms in total. The normalized spacial score (nSPS) is 23.3. The Labute approximate surface area is 211 Å². The molecule has 36 heavy (non-hydrogen) atoms. The molecule has 1 fully saturated rings. The molecule has 3 aromatic carbocycles. The number of fused-ring (bicyclic) bond motifs is 2. The first kappa shape index (κ1) is 24.4. The molecule has 9 heteroatoms. The predicted octanol–water partition coefficient (Wildman–Crippen LogP) is 2.77. The van der Waals surface area contributed by atoms with Gasteiger partial charge in [-0.1, -0.05) is 61.0 Å². The van der Waals surface area contributed by atoms with Crippen LogP contribution in [-0.4, -0.2) is 54.5 Å². The number of benzene rings is 3. The lowest BCUT2D eigenvalue weighted by Gasteiger charge is -2.50. The minimum Gasteiger partial charge on any atom is -0.386 e. The van der Waals surface area contributed by atoms with Crippen molar-refractivity contribution in [3.05, 3.63) is 77.9 Å². The zero-order valence-corrected chi connectivity index (χ0v) is 20.9. The minimum atomic E-state index is -4.31. The van der Waals surface area contributed by atoms with Crippen LogP contribution in [0, 0.1) is 5.41 Å². The molecule has 0 bridgehead atoms. The Morgan fingerprint density at radius 3 is 2.31 bits per heavy atom. The highest BCUT2D eigenvalue weighted by Crippen LogP contribution is 2.44. The van der Waals surface area contributed by atoms with Crippen molar-refractivity contribution in [2.75, 3.05) is 19.6 Å². The number of amides is 1. The lowest BCUT2D eigenvalue weighted by molar-refractivity contribution is -0.130. The third-order valence-corrected chi connectivity index (χ3v) is 9.38. The van der Waals surface area contributed by atoms with Crippen LogP contribution in [0.1, 0.15) is 36.4 Å². The molecule has 0 spiro atoms. The molecule has 2 aliphatic rings. The summed E-state index contributed by atoms with van der Waals surface area (Å²) in [6.07, 6.45) is 3.15. The van der Waals surface area contributed by atoms with Gasteiger partial charge in [0.05, 0.1) is 4.90 Å². The number of carbonyl (C=O) groups is 1. The van der Waals surface area contributed by atoms with Gasteiger partial charge in [0.15, 0.2) is 0 Å². The Bertz CT molecular complexity index is 1430. The van der Waals surface area contributed by atoms with Crippen molar-refractivity contribution in [3.8, 4) is 0 Å². The van der Waals surface area contributed by atoms with E-state index in [0.717, 1.165) is 53.0 Å². The molecule has 0 radical (unpaired) electrons. The van der Waals surface area contributed by atoms with E-state index in [2.05, 4.69) is 4.90 Å². The Morgan fingerprint density at radius 1 is 0.944 bits per heavy atom. The summed E-state index contributed by atoms with van der Waals surface area (Å²) in [5.41, 5.74) is 12.0. The molecule has 0 aliphatic carbocycles. The summed E-state index contributed by atoms with van der Waals surface area (Å²) in [5, 5.41) is 10.1. The van der Waals surface area contributed by atoms with E-state index >= 15 is 0 Å². The highest BCUT2D eigenvalue weighted by molar-refractivity contribution is 7.89. The molecular weight excluding hydrogens is 474 g/mol. The molecule has 2 aliphatic heterocycles. The number of hydrogen-bond acceptors (Lipinski definition) is 5. The number of piperidine rings is 1. The van der Waals surface area contributed by atoms with E-state index in [9.17, 15) is 13.2 Å². The smallest absolute Gasteiger partial charge is 0.245 e. The van der Waals surface area contributed by atoms with E-state index in [0.29, 0.717) is 5.56 Å². The maximum absolute atomic E-state index is 14.5. The zero-order valence-electron chi connectivity index (χ0n) is 20.1. The quantitative estimate of drug-likeness (QED) is 0.350. The average molecular weight is 506 g/mol. The summed E-state index contributed by atoms with van der Waals surface area (Å²) in [5.74, 6) is -1.09. The Kier molecular flexibility index (Phi) is 6.32. The van der Waals surface area contributed by atoms with Crippen molar-refractivity contribution in [2.45, 2.75) is 42.2 Å². The number of nitrogens with one attached hydrogen (secondary N) is 1.